The third kappa shape index (κ3) is 3.06. The average Bonchev–Trinajstić information content (AvgIpc) is 2.84. The van der Waals surface area contributed by atoms with Crippen LogP contribution in [0.1, 0.15) is 22.5 Å². The minimum atomic E-state index is -3.07. The second kappa shape index (κ2) is 5.56. The number of aromatic nitrogens is 1. The van der Waals surface area contributed by atoms with Gasteiger partial charge in [0.05, 0.1) is 22.6 Å². The van der Waals surface area contributed by atoms with E-state index in [0.717, 1.165) is 0 Å². The Labute approximate surface area is 134 Å². The molecule has 122 valence electrons. The highest BCUT2D eigenvalue weighted by atomic mass is 32.2. The second-order valence-electron chi connectivity index (χ2n) is 5.95. The molecule has 1 fully saturated rings. The van der Waals surface area contributed by atoms with Gasteiger partial charge in [0.2, 0.25) is 0 Å². The molecule has 3 rings (SSSR count). The molecule has 1 aliphatic rings. The van der Waals surface area contributed by atoms with Gasteiger partial charge in [-0.3, -0.25) is 9.78 Å². The molecular formula is C16H17FN2O3S. The Balaban J connectivity index is 2.01. The first-order chi connectivity index (χ1) is 10.8. The zero-order chi connectivity index (χ0) is 16.8. The highest BCUT2D eigenvalue weighted by molar-refractivity contribution is 7.91. The van der Waals surface area contributed by atoms with E-state index in [0.29, 0.717) is 28.6 Å². The van der Waals surface area contributed by atoms with Crippen LogP contribution in [0, 0.1) is 12.7 Å². The first-order valence-corrected chi connectivity index (χ1v) is 9.13. The van der Waals surface area contributed by atoms with Gasteiger partial charge in [0, 0.05) is 30.2 Å². The molecule has 0 unspecified atom stereocenters. The van der Waals surface area contributed by atoms with E-state index >= 15 is 0 Å². The van der Waals surface area contributed by atoms with Crippen LogP contribution in [0.15, 0.2) is 24.3 Å². The molecule has 0 bridgehead atoms. The van der Waals surface area contributed by atoms with Crippen molar-refractivity contribution in [2.45, 2.75) is 19.4 Å². The number of rotatable bonds is 2. The van der Waals surface area contributed by atoms with Gasteiger partial charge in [0.25, 0.3) is 5.91 Å². The number of fused-ring (bicyclic) bond motifs is 1. The van der Waals surface area contributed by atoms with Gasteiger partial charge in [0.1, 0.15) is 5.82 Å². The highest BCUT2D eigenvalue weighted by Crippen LogP contribution is 2.24. The zero-order valence-corrected chi connectivity index (χ0v) is 13.7. The molecule has 1 aliphatic heterocycles. The molecule has 7 heteroatoms. The van der Waals surface area contributed by atoms with Crippen LogP contribution < -0.4 is 0 Å². The monoisotopic (exact) mass is 336 g/mol. The fraction of sp³-hybridized carbons (Fsp3) is 0.375. The van der Waals surface area contributed by atoms with Crippen molar-refractivity contribution in [3.05, 3.63) is 41.3 Å². The molecule has 23 heavy (non-hydrogen) atoms. The van der Waals surface area contributed by atoms with Crippen LogP contribution in [0.3, 0.4) is 0 Å². The van der Waals surface area contributed by atoms with E-state index in [-0.39, 0.29) is 23.5 Å². The number of amides is 1. The molecule has 1 aromatic heterocycles. The highest BCUT2D eigenvalue weighted by Gasteiger charge is 2.33. The minimum Gasteiger partial charge on any atom is -0.338 e. The maximum absolute atomic E-state index is 13.4. The average molecular weight is 336 g/mol. The molecule has 0 saturated carbocycles. The van der Waals surface area contributed by atoms with Gasteiger partial charge >= 0.3 is 0 Å². The molecule has 2 aromatic rings. The van der Waals surface area contributed by atoms with Gasteiger partial charge in [-0.25, -0.2) is 12.8 Å². The standard InChI is InChI=1S/C16H17FN2O3S/c1-10-7-14(13-4-3-11(17)8-15(13)18-10)16(20)19(2)12-5-6-23(21,22)9-12/h3-4,7-8,12H,5-6,9H2,1-2H3/t12-/m1/s1. The topological polar surface area (TPSA) is 67.3 Å². The minimum absolute atomic E-state index is 0.00807. The summed E-state index contributed by atoms with van der Waals surface area (Å²) in [6.07, 6.45) is 0.446. The Morgan fingerprint density at radius 2 is 2.09 bits per heavy atom. The third-order valence-electron chi connectivity index (χ3n) is 4.21. The summed E-state index contributed by atoms with van der Waals surface area (Å²) in [7, 11) is -1.46. The summed E-state index contributed by atoms with van der Waals surface area (Å²) in [5, 5.41) is 0.565. The number of aryl methyl sites for hydroxylation is 1. The number of pyridine rings is 1. The summed E-state index contributed by atoms with van der Waals surface area (Å²) in [5.41, 5.74) is 1.44. The van der Waals surface area contributed by atoms with Crippen LogP contribution >= 0.6 is 0 Å². The van der Waals surface area contributed by atoms with Crippen molar-refractivity contribution in [2.24, 2.45) is 0 Å². The van der Waals surface area contributed by atoms with Crippen LogP contribution in [0.2, 0.25) is 0 Å². The van der Waals surface area contributed by atoms with E-state index in [1.54, 1.807) is 20.0 Å². The fourth-order valence-corrected chi connectivity index (χ4v) is 4.72. The van der Waals surface area contributed by atoms with Crippen molar-refractivity contribution in [3.8, 4) is 0 Å². The summed E-state index contributed by atoms with van der Waals surface area (Å²) in [6, 6.07) is 5.44. The molecule has 1 amide bonds. The predicted octanol–water partition coefficient (Wildman–Crippen LogP) is 1.94. The van der Waals surface area contributed by atoms with E-state index in [1.165, 1.54) is 23.1 Å². The molecule has 2 heterocycles. The summed E-state index contributed by atoms with van der Waals surface area (Å²) in [4.78, 5) is 18.5. The molecule has 1 atom stereocenters. The smallest absolute Gasteiger partial charge is 0.254 e. The summed E-state index contributed by atoms with van der Waals surface area (Å²) >= 11 is 0. The quantitative estimate of drug-likeness (QED) is 0.840. The van der Waals surface area contributed by atoms with Crippen molar-refractivity contribution in [1.29, 1.82) is 0 Å². The van der Waals surface area contributed by atoms with Crippen molar-refractivity contribution < 1.29 is 17.6 Å². The number of sulfone groups is 1. The SMILES string of the molecule is Cc1cc(C(=O)N(C)[C@@H]2CCS(=O)(=O)C2)c2ccc(F)cc2n1. The number of hydrogen-bond acceptors (Lipinski definition) is 4. The van der Waals surface area contributed by atoms with Crippen LogP contribution in [0.4, 0.5) is 4.39 Å². The molecule has 1 saturated heterocycles. The lowest BCUT2D eigenvalue weighted by atomic mass is 10.1. The van der Waals surface area contributed by atoms with E-state index in [2.05, 4.69) is 4.98 Å². The number of carbonyl (C=O) groups excluding carboxylic acids is 1. The van der Waals surface area contributed by atoms with Crippen molar-refractivity contribution in [1.82, 2.24) is 9.88 Å². The van der Waals surface area contributed by atoms with Gasteiger partial charge in [-0.05, 0) is 31.5 Å². The predicted molar refractivity (Wildman–Crippen MR) is 85.6 cm³/mol. The van der Waals surface area contributed by atoms with Crippen molar-refractivity contribution in [2.75, 3.05) is 18.6 Å². The van der Waals surface area contributed by atoms with E-state index in [4.69, 9.17) is 0 Å². The number of benzene rings is 1. The Kier molecular flexibility index (Phi) is 3.83. The largest absolute Gasteiger partial charge is 0.338 e. The first kappa shape index (κ1) is 15.9. The van der Waals surface area contributed by atoms with Crippen LogP contribution in [-0.2, 0) is 9.84 Å². The van der Waals surface area contributed by atoms with Gasteiger partial charge in [-0.1, -0.05) is 0 Å². The maximum Gasteiger partial charge on any atom is 0.254 e. The lowest BCUT2D eigenvalue weighted by Gasteiger charge is -2.24. The lowest BCUT2D eigenvalue weighted by molar-refractivity contribution is 0.0749. The number of halogens is 1. The van der Waals surface area contributed by atoms with Gasteiger partial charge in [0.15, 0.2) is 9.84 Å². The van der Waals surface area contributed by atoms with Gasteiger partial charge in [-0.15, -0.1) is 0 Å². The normalized spacial score (nSPS) is 19.9. The Bertz CT molecular complexity index is 890. The molecular weight excluding hydrogens is 319 g/mol. The molecule has 0 aliphatic carbocycles. The van der Waals surface area contributed by atoms with E-state index in [9.17, 15) is 17.6 Å². The maximum atomic E-state index is 13.4. The first-order valence-electron chi connectivity index (χ1n) is 7.31. The van der Waals surface area contributed by atoms with Crippen LogP contribution in [0.25, 0.3) is 10.9 Å². The summed E-state index contributed by atoms with van der Waals surface area (Å²) < 4.78 is 36.6. The number of nitrogens with zero attached hydrogens (tertiary/aromatic N) is 2. The molecule has 5 nitrogen and oxygen atoms in total. The molecule has 0 spiro atoms. The van der Waals surface area contributed by atoms with E-state index < -0.39 is 15.7 Å². The Morgan fingerprint density at radius 3 is 2.74 bits per heavy atom. The summed E-state index contributed by atoms with van der Waals surface area (Å²) in [6.45, 7) is 1.74. The zero-order valence-electron chi connectivity index (χ0n) is 12.9. The fourth-order valence-electron chi connectivity index (χ4n) is 2.95. The van der Waals surface area contributed by atoms with Crippen molar-refractivity contribution >= 4 is 26.6 Å². The Morgan fingerprint density at radius 1 is 1.35 bits per heavy atom. The second-order valence-corrected chi connectivity index (χ2v) is 8.17. The summed E-state index contributed by atoms with van der Waals surface area (Å²) in [5.74, 6) is -0.582. The van der Waals surface area contributed by atoms with Crippen LogP contribution in [-0.4, -0.2) is 48.8 Å². The molecule has 0 N–H and O–H groups in total. The van der Waals surface area contributed by atoms with Crippen LogP contribution in [0.5, 0.6) is 0 Å². The number of carbonyl (C=O) groups is 1. The molecule has 0 radical (unpaired) electrons. The lowest BCUT2D eigenvalue weighted by Crippen LogP contribution is -2.38. The van der Waals surface area contributed by atoms with Crippen molar-refractivity contribution in [3.63, 3.8) is 0 Å². The van der Waals surface area contributed by atoms with Gasteiger partial charge in [-0.2, -0.15) is 0 Å². The van der Waals surface area contributed by atoms with E-state index in [1.807, 2.05) is 0 Å². The third-order valence-corrected chi connectivity index (χ3v) is 5.96. The Hall–Kier alpha value is -2.02. The molecule has 1 aromatic carbocycles. The number of hydrogen-bond donors (Lipinski definition) is 0. The van der Waals surface area contributed by atoms with Gasteiger partial charge < -0.3 is 4.90 Å².